The highest BCUT2D eigenvalue weighted by atomic mass is 35.5. The molecule has 2 aliphatic heterocycles. The van der Waals surface area contributed by atoms with Gasteiger partial charge in [-0.05, 0) is 62.1 Å². The summed E-state index contributed by atoms with van der Waals surface area (Å²) in [6.45, 7) is 3.05. The van der Waals surface area contributed by atoms with Crippen LogP contribution in [0.3, 0.4) is 0 Å². The van der Waals surface area contributed by atoms with E-state index in [1.807, 2.05) is 0 Å². The molecule has 9 nitrogen and oxygen atoms in total. The monoisotopic (exact) mass is 742 g/mol. The molecule has 0 aromatic heterocycles. The molecule has 16 heteroatoms. The van der Waals surface area contributed by atoms with Crippen molar-refractivity contribution < 1.29 is 56.1 Å². The number of fused-ring (bicyclic) bond motifs is 4. The number of hydrogen-bond donors (Lipinski definition) is 2. The number of carbonyl (C=O) groups excluding carboxylic acids is 4. The summed E-state index contributed by atoms with van der Waals surface area (Å²) >= 11 is 14.2. The van der Waals surface area contributed by atoms with E-state index in [1.165, 1.54) is 26.0 Å². The number of carbonyl (C=O) groups is 5. The molecule has 0 spiro atoms. The van der Waals surface area contributed by atoms with Gasteiger partial charge in [0.2, 0.25) is 17.6 Å². The van der Waals surface area contributed by atoms with Gasteiger partial charge in [0.15, 0.2) is 33.0 Å². The number of aryl methyl sites for hydroxylation is 2. The maximum atomic E-state index is 15.2. The quantitative estimate of drug-likeness (QED) is 0.0654. The molecule has 2 aromatic rings. The van der Waals surface area contributed by atoms with Gasteiger partial charge in [-0.2, -0.15) is 0 Å². The molecule has 2 aromatic carbocycles. The number of phenols is 1. The Labute approximate surface area is 291 Å². The van der Waals surface area contributed by atoms with E-state index in [9.17, 15) is 42.3 Å². The van der Waals surface area contributed by atoms with Crippen molar-refractivity contribution in [3.63, 3.8) is 0 Å². The Balaban J connectivity index is 1.49. The average Bonchev–Trinajstić information content (AvgIpc) is 3.39. The van der Waals surface area contributed by atoms with E-state index in [2.05, 4.69) is 0 Å². The van der Waals surface area contributed by atoms with Crippen LogP contribution in [0.15, 0.2) is 23.8 Å². The van der Waals surface area contributed by atoms with E-state index in [1.54, 1.807) is 6.08 Å². The van der Waals surface area contributed by atoms with Gasteiger partial charge in [0.05, 0.1) is 11.8 Å². The number of rotatable bonds is 8. The first kappa shape index (κ1) is 35.8. The molecule has 4 aliphatic rings. The molecule has 2 aliphatic carbocycles. The van der Waals surface area contributed by atoms with Gasteiger partial charge in [0, 0.05) is 18.9 Å². The number of alkyl halides is 2. The number of likely N-dealkylation sites (tertiary alicyclic amines) is 1. The molecule has 3 fully saturated rings. The zero-order valence-corrected chi connectivity index (χ0v) is 28.0. The van der Waals surface area contributed by atoms with Crippen LogP contribution in [0.4, 0.5) is 27.6 Å². The summed E-state index contributed by atoms with van der Waals surface area (Å²) < 4.78 is 73.2. The van der Waals surface area contributed by atoms with Gasteiger partial charge in [-0.25, -0.2) is 26.9 Å². The van der Waals surface area contributed by atoms with Crippen molar-refractivity contribution in [2.24, 2.45) is 17.8 Å². The zero-order chi connectivity index (χ0) is 36.8. The highest BCUT2D eigenvalue weighted by Gasteiger charge is 2.77. The van der Waals surface area contributed by atoms with Crippen LogP contribution in [0.1, 0.15) is 61.1 Å². The number of nitrogens with zero attached hydrogens (tertiary/aromatic N) is 2. The second kappa shape index (κ2) is 12.3. The molecule has 0 radical (unpaired) electrons. The molecule has 2 saturated heterocycles. The van der Waals surface area contributed by atoms with Crippen LogP contribution < -0.4 is 4.90 Å². The van der Waals surface area contributed by atoms with Gasteiger partial charge in [0.1, 0.15) is 11.4 Å². The first-order valence-corrected chi connectivity index (χ1v) is 16.5. The summed E-state index contributed by atoms with van der Waals surface area (Å²) in [6.07, 6.45) is 1.92. The van der Waals surface area contributed by atoms with E-state index >= 15 is 8.78 Å². The number of carboxylic acids is 1. The fourth-order valence-electron chi connectivity index (χ4n) is 8.11. The van der Waals surface area contributed by atoms with Crippen molar-refractivity contribution in [2.45, 2.75) is 68.0 Å². The topological polar surface area (TPSA) is 132 Å². The number of aliphatic carboxylic acids is 1. The number of hydrogen-bond acceptors (Lipinski definition) is 6. The minimum Gasteiger partial charge on any atom is -0.507 e. The van der Waals surface area contributed by atoms with Gasteiger partial charge >= 0.3 is 5.97 Å². The first-order valence-electron chi connectivity index (χ1n) is 15.7. The Morgan fingerprint density at radius 3 is 2.02 bits per heavy atom. The lowest BCUT2D eigenvalue weighted by Gasteiger charge is -2.50. The van der Waals surface area contributed by atoms with Crippen LogP contribution in [0.5, 0.6) is 5.75 Å². The number of halogens is 7. The maximum Gasteiger partial charge on any atom is 0.303 e. The zero-order valence-electron chi connectivity index (χ0n) is 26.5. The van der Waals surface area contributed by atoms with Crippen LogP contribution in [-0.4, -0.2) is 61.0 Å². The lowest BCUT2D eigenvalue weighted by atomic mass is 9.56. The van der Waals surface area contributed by atoms with E-state index in [0.717, 1.165) is 4.90 Å². The van der Waals surface area contributed by atoms with E-state index in [-0.39, 0.29) is 35.6 Å². The molecule has 1 saturated carbocycles. The number of phenolic OH excluding ortho intramolecular Hbond substituents is 1. The van der Waals surface area contributed by atoms with E-state index in [4.69, 9.17) is 28.3 Å². The minimum absolute atomic E-state index is 0.00508. The number of benzene rings is 2. The summed E-state index contributed by atoms with van der Waals surface area (Å²) in [5, 5.41) is 19.4. The second-order valence-electron chi connectivity index (χ2n) is 13.2. The third-order valence-electron chi connectivity index (χ3n) is 10.4. The summed E-state index contributed by atoms with van der Waals surface area (Å²) in [4.78, 5) is 62.5. The number of amides is 4. The molecule has 6 atom stereocenters. The molecule has 50 heavy (non-hydrogen) atoms. The Hall–Kier alpha value is -4.04. The van der Waals surface area contributed by atoms with Crippen LogP contribution in [0.2, 0.25) is 0 Å². The Bertz CT molecular complexity index is 1890. The molecule has 6 rings (SSSR count). The molecule has 4 amide bonds. The van der Waals surface area contributed by atoms with Crippen molar-refractivity contribution in [1.29, 1.82) is 0 Å². The number of carboxylic acid groups (broad SMARTS) is 1. The van der Waals surface area contributed by atoms with Gasteiger partial charge < -0.3 is 10.2 Å². The third kappa shape index (κ3) is 4.88. The number of allylic oxidation sites excluding steroid dienone is 2. The van der Waals surface area contributed by atoms with Crippen molar-refractivity contribution in [1.82, 2.24) is 4.90 Å². The van der Waals surface area contributed by atoms with Crippen LogP contribution in [-0.2, 0) is 24.0 Å². The number of unbranched alkanes of at least 4 members (excludes halogenated alkanes) is 2. The predicted molar refractivity (Wildman–Crippen MR) is 167 cm³/mol. The predicted octanol–water partition coefficient (Wildman–Crippen LogP) is 5.91. The van der Waals surface area contributed by atoms with Crippen molar-refractivity contribution >= 4 is 58.5 Å². The molecule has 2 heterocycles. The lowest BCUT2D eigenvalue weighted by Crippen LogP contribution is -2.60. The maximum absolute atomic E-state index is 15.2. The smallest absolute Gasteiger partial charge is 0.303 e. The average molecular weight is 744 g/mol. The second-order valence-corrected chi connectivity index (χ2v) is 14.5. The molecular weight excluding hydrogens is 714 g/mol. The summed E-state index contributed by atoms with van der Waals surface area (Å²) in [7, 11) is 0. The van der Waals surface area contributed by atoms with Crippen molar-refractivity contribution in [3.05, 3.63) is 69.6 Å². The molecule has 0 bridgehead atoms. The molecule has 266 valence electrons. The van der Waals surface area contributed by atoms with Crippen LogP contribution >= 0.6 is 23.2 Å². The van der Waals surface area contributed by atoms with Gasteiger partial charge in [0.25, 0.3) is 11.8 Å². The highest BCUT2D eigenvalue weighted by molar-refractivity contribution is 6.58. The SMILES string of the molecule is Cc1cc(C2C3=CCC4C(=O)N(CCCCCC(=O)O)C(=O)C4C3CC3(Cl)C(=O)N(c4c(F)c(F)c(F)c(F)c4F)C(=O)C23Cl)cc(C)c1O. The van der Waals surface area contributed by atoms with Crippen molar-refractivity contribution in [2.75, 3.05) is 11.4 Å². The standard InChI is InChI=1S/C34H29Cl2F5N2O7/c1-13-10-15(11-14(2)28(13)46)21-16-7-8-17-20(30(48)42(29(17)47)9-5-3-4-6-19(44)45)18(16)12-33(35)31(49)43(32(50)34(21,33)36)27-25(40)23(38)22(37)24(39)26(27)41/h7,10-11,17-18,20-21,46H,3-6,8-9,12H2,1-2H3,(H,44,45). The lowest BCUT2D eigenvalue weighted by molar-refractivity contribution is -0.141. The number of aromatic hydroxyl groups is 1. The Morgan fingerprint density at radius 2 is 1.44 bits per heavy atom. The Kier molecular flexibility index (Phi) is 8.82. The van der Waals surface area contributed by atoms with E-state index < -0.39 is 104 Å². The molecule has 6 unspecified atom stereocenters. The first-order chi connectivity index (χ1) is 23.4. The third-order valence-corrected chi connectivity index (χ3v) is 11.8. The summed E-state index contributed by atoms with van der Waals surface area (Å²) in [6, 6.07) is 2.88. The van der Waals surface area contributed by atoms with E-state index in [0.29, 0.717) is 36.0 Å². The molecule has 2 N–H and O–H groups in total. The highest BCUT2D eigenvalue weighted by Crippen LogP contribution is 2.66. The Morgan fingerprint density at radius 1 is 0.860 bits per heavy atom. The van der Waals surface area contributed by atoms with Crippen molar-refractivity contribution in [3.8, 4) is 5.75 Å². The number of anilines is 1. The summed E-state index contributed by atoms with van der Waals surface area (Å²) in [5.41, 5.74) is -0.775. The van der Waals surface area contributed by atoms with Gasteiger partial charge in [-0.15, -0.1) is 23.2 Å². The van der Waals surface area contributed by atoms with Gasteiger partial charge in [-0.1, -0.05) is 30.2 Å². The fraction of sp³-hybridized carbons (Fsp3) is 0.441. The molecular formula is C34H29Cl2F5N2O7. The van der Waals surface area contributed by atoms with Crippen LogP contribution in [0, 0.1) is 60.7 Å². The van der Waals surface area contributed by atoms with Crippen LogP contribution in [0.25, 0.3) is 0 Å². The van der Waals surface area contributed by atoms with Gasteiger partial charge in [-0.3, -0.25) is 28.9 Å². The summed E-state index contributed by atoms with van der Waals surface area (Å²) in [5.74, 6) is -22.2. The minimum atomic E-state index is -2.66. The number of imide groups is 2. The fourth-order valence-corrected chi connectivity index (χ4v) is 9.04. The largest absolute Gasteiger partial charge is 0.507 e. The normalized spacial score (nSPS) is 28.9.